The Labute approximate surface area is 134 Å². The normalized spacial score (nSPS) is 14.8. The lowest BCUT2D eigenvalue weighted by Crippen LogP contribution is -2.56. The molecule has 0 saturated carbocycles. The number of H-pyrrole nitrogens is 1. The highest BCUT2D eigenvalue weighted by Gasteiger charge is 2.28. The number of hydrogen-bond donors (Lipinski definition) is 5. The number of carboxylic acids is 1. The zero-order chi connectivity index (χ0) is 17.6. The van der Waals surface area contributed by atoms with Gasteiger partial charge in [-0.15, -0.1) is 0 Å². The maximum Gasteiger partial charge on any atom is 0.325 e. The van der Waals surface area contributed by atoms with Crippen molar-refractivity contribution in [2.75, 3.05) is 0 Å². The quantitative estimate of drug-likeness (QED) is 0.414. The van der Waals surface area contributed by atoms with Gasteiger partial charge >= 0.3 is 5.97 Å². The lowest BCUT2D eigenvalue weighted by atomic mass is 10.0. The SMILES string of the molecule is CC(C)[C@H](NC(=O)[C@@H](N)Cc1cnc[nH]1)C(=O)N[C@@H](C)C(=O)O. The zero-order valence-electron chi connectivity index (χ0n) is 13.4. The minimum Gasteiger partial charge on any atom is -0.480 e. The van der Waals surface area contributed by atoms with Gasteiger partial charge in [-0.25, -0.2) is 4.98 Å². The van der Waals surface area contributed by atoms with E-state index in [-0.39, 0.29) is 12.3 Å². The first-order valence-electron chi connectivity index (χ1n) is 7.28. The van der Waals surface area contributed by atoms with Crippen LogP contribution in [0.5, 0.6) is 0 Å². The summed E-state index contributed by atoms with van der Waals surface area (Å²) >= 11 is 0. The summed E-state index contributed by atoms with van der Waals surface area (Å²) in [6.45, 7) is 4.84. The lowest BCUT2D eigenvalue weighted by Gasteiger charge is -2.24. The molecule has 1 rings (SSSR count). The summed E-state index contributed by atoms with van der Waals surface area (Å²) in [5, 5.41) is 13.7. The average Bonchev–Trinajstić information content (AvgIpc) is 2.96. The second-order valence-corrected chi connectivity index (χ2v) is 5.69. The Hall–Kier alpha value is -2.42. The molecule has 2 amide bonds. The van der Waals surface area contributed by atoms with E-state index in [1.54, 1.807) is 20.0 Å². The third kappa shape index (κ3) is 5.70. The molecule has 6 N–H and O–H groups in total. The van der Waals surface area contributed by atoms with Gasteiger partial charge in [0.25, 0.3) is 0 Å². The average molecular weight is 325 g/mol. The van der Waals surface area contributed by atoms with Gasteiger partial charge < -0.3 is 26.5 Å². The van der Waals surface area contributed by atoms with E-state index in [9.17, 15) is 14.4 Å². The van der Waals surface area contributed by atoms with E-state index < -0.39 is 35.9 Å². The molecule has 0 bridgehead atoms. The molecule has 0 aliphatic heterocycles. The van der Waals surface area contributed by atoms with Gasteiger partial charge in [0.1, 0.15) is 12.1 Å². The summed E-state index contributed by atoms with van der Waals surface area (Å²) in [5.41, 5.74) is 6.53. The van der Waals surface area contributed by atoms with Crippen LogP contribution in [0.15, 0.2) is 12.5 Å². The second kappa shape index (κ2) is 8.28. The first-order valence-corrected chi connectivity index (χ1v) is 7.28. The number of nitrogens with two attached hydrogens (primary N) is 1. The van der Waals surface area contributed by atoms with Crippen molar-refractivity contribution >= 4 is 17.8 Å². The van der Waals surface area contributed by atoms with Crippen LogP contribution in [0.1, 0.15) is 26.5 Å². The predicted molar refractivity (Wildman–Crippen MR) is 82.3 cm³/mol. The number of carboxylic acid groups (broad SMARTS) is 1. The van der Waals surface area contributed by atoms with Crippen LogP contribution in [0.4, 0.5) is 0 Å². The summed E-state index contributed by atoms with van der Waals surface area (Å²) < 4.78 is 0. The first kappa shape index (κ1) is 18.6. The highest BCUT2D eigenvalue weighted by molar-refractivity contribution is 5.91. The molecular formula is C14H23N5O4. The molecule has 1 aromatic heterocycles. The number of hydrogen-bond acceptors (Lipinski definition) is 5. The molecule has 0 fully saturated rings. The Kier molecular flexibility index (Phi) is 6.70. The summed E-state index contributed by atoms with van der Waals surface area (Å²) in [6.07, 6.45) is 3.30. The molecular weight excluding hydrogens is 302 g/mol. The number of aromatic nitrogens is 2. The fourth-order valence-electron chi connectivity index (χ4n) is 1.89. The molecule has 9 nitrogen and oxygen atoms in total. The van der Waals surface area contributed by atoms with E-state index in [2.05, 4.69) is 20.6 Å². The Morgan fingerprint density at radius 1 is 1.26 bits per heavy atom. The van der Waals surface area contributed by atoms with E-state index in [1.807, 2.05) is 0 Å². The molecule has 0 unspecified atom stereocenters. The number of aliphatic carboxylic acids is 1. The maximum absolute atomic E-state index is 12.1. The zero-order valence-corrected chi connectivity index (χ0v) is 13.4. The van der Waals surface area contributed by atoms with Gasteiger partial charge in [0.05, 0.1) is 12.4 Å². The Balaban J connectivity index is 2.65. The largest absolute Gasteiger partial charge is 0.480 e. The van der Waals surface area contributed by atoms with Crippen molar-refractivity contribution in [3.05, 3.63) is 18.2 Å². The van der Waals surface area contributed by atoms with Gasteiger partial charge in [0.15, 0.2) is 0 Å². The van der Waals surface area contributed by atoms with Gasteiger partial charge in [-0.3, -0.25) is 14.4 Å². The molecule has 0 saturated heterocycles. The van der Waals surface area contributed by atoms with Crippen molar-refractivity contribution in [2.45, 2.75) is 45.3 Å². The van der Waals surface area contributed by atoms with E-state index in [4.69, 9.17) is 10.8 Å². The standard InChI is InChI=1S/C14H23N5O4/c1-7(2)11(13(21)18-8(3)14(22)23)19-12(20)10(15)4-9-5-16-6-17-9/h5-8,10-11H,4,15H2,1-3H3,(H,16,17)(H,18,21)(H,19,20)(H,22,23)/t8-,10-,11-/m0/s1. The minimum absolute atomic E-state index is 0.223. The highest BCUT2D eigenvalue weighted by Crippen LogP contribution is 2.04. The molecule has 0 radical (unpaired) electrons. The third-order valence-electron chi connectivity index (χ3n) is 3.31. The third-order valence-corrected chi connectivity index (χ3v) is 3.31. The van der Waals surface area contributed by atoms with Gasteiger partial charge in [-0.2, -0.15) is 0 Å². The van der Waals surface area contributed by atoms with Crippen LogP contribution < -0.4 is 16.4 Å². The predicted octanol–water partition coefficient (Wildman–Crippen LogP) is -0.990. The minimum atomic E-state index is -1.15. The molecule has 23 heavy (non-hydrogen) atoms. The van der Waals surface area contributed by atoms with Crippen LogP contribution in [0, 0.1) is 5.92 Å². The number of nitrogens with one attached hydrogen (secondary N) is 3. The Morgan fingerprint density at radius 2 is 1.91 bits per heavy atom. The van der Waals surface area contributed by atoms with Crippen molar-refractivity contribution in [3.63, 3.8) is 0 Å². The van der Waals surface area contributed by atoms with E-state index >= 15 is 0 Å². The molecule has 0 aliphatic carbocycles. The van der Waals surface area contributed by atoms with E-state index in [0.717, 1.165) is 0 Å². The van der Waals surface area contributed by atoms with Crippen LogP contribution >= 0.6 is 0 Å². The Morgan fingerprint density at radius 3 is 2.39 bits per heavy atom. The van der Waals surface area contributed by atoms with Crippen LogP contribution in [0.25, 0.3) is 0 Å². The molecule has 1 heterocycles. The monoisotopic (exact) mass is 325 g/mol. The summed E-state index contributed by atoms with van der Waals surface area (Å²) in [7, 11) is 0. The molecule has 1 aromatic rings. The molecule has 0 aliphatic rings. The number of imidazole rings is 1. The molecule has 3 atom stereocenters. The Bertz CT molecular complexity index is 543. The highest BCUT2D eigenvalue weighted by atomic mass is 16.4. The fourth-order valence-corrected chi connectivity index (χ4v) is 1.89. The van der Waals surface area contributed by atoms with Crippen molar-refractivity contribution in [2.24, 2.45) is 11.7 Å². The lowest BCUT2D eigenvalue weighted by molar-refractivity contribution is -0.142. The summed E-state index contributed by atoms with van der Waals surface area (Å²) in [5.74, 6) is -2.42. The van der Waals surface area contributed by atoms with Crippen LogP contribution in [0.3, 0.4) is 0 Å². The number of amides is 2. The van der Waals surface area contributed by atoms with Gasteiger partial charge in [0, 0.05) is 18.3 Å². The topological polar surface area (TPSA) is 150 Å². The maximum atomic E-state index is 12.1. The van der Waals surface area contributed by atoms with E-state index in [1.165, 1.54) is 13.3 Å². The molecule has 9 heteroatoms. The second-order valence-electron chi connectivity index (χ2n) is 5.69. The number of aromatic amines is 1. The first-order chi connectivity index (χ1) is 10.7. The van der Waals surface area contributed by atoms with Crippen molar-refractivity contribution in [1.82, 2.24) is 20.6 Å². The number of carbonyl (C=O) groups excluding carboxylic acids is 2. The van der Waals surface area contributed by atoms with Crippen LogP contribution in [-0.2, 0) is 20.8 Å². The number of nitrogens with zero attached hydrogens (tertiary/aromatic N) is 1. The van der Waals surface area contributed by atoms with Crippen LogP contribution in [0.2, 0.25) is 0 Å². The van der Waals surface area contributed by atoms with Crippen LogP contribution in [-0.4, -0.2) is 51.0 Å². The summed E-state index contributed by atoms with van der Waals surface area (Å²) in [6, 6.07) is -2.75. The van der Waals surface area contributed by atoms with E-state index in [0.29, 0.717) is 5.69 Å². The smallest absolute Gasteiger partial charge is 0.325 e. The molecule has 0 aromatic carbocycles. The van der Waals surface area contributed by atoms with Gasteiger partial charge in [-0.05, 0) is 12.8 Å². The van der Waals surface area contributed by atoms with Crippen molar-refractivity contribution in [3.8, 4) is 0 Å². The number of carbonyl (C=O) groups is 3. The number of rotatable bonds is 8. The molecule has 0 spiro atoms. The van der Waals surface area contributed by atoms with Gasteiger partial charge in [-0.1, -0.05) is 13.8 Å². The summed E-state index contributed by atoms with van der Waals surface area (Å²) in [4.78, 5) is 41.8. The molecule has 128 valence electrons. The van der Waals surface area contributed by atoms with Crippen molar-refractivity contribution in [1.29, 1.82) is 0 Å². The van der Waals surface area contributed by atoms with Crippen molar-refractivity contribution < 1.29 is 19.5 Å². The van der Waals surface area contributed by atoms with Gasteiger partial charge in [0.2, 0.25) is 11.8 Å². The fraction of sp³-hybridized carbons (Fsp3) is 0.571.